The van der Waals surface area contributed by atoms with Gasteiger partial charge in [0.15, 0.2) is 0 Å². The number of hydrogen-bond acceptors (Lipinski definition) is 7. The van der Waals surface area contributed by atoms with Crippen molar-refractivity contribution in [2.45, 2.75) is 10.3 Å². The largest absolute Gasteiger partial charge is 0.210 e. The van der Waals surface area contributed by atoms with E-state index in [1.54, 1.807) is 0 Å². The van der Waals surface area contributed by atoms with Crippen LogP contribution in [0.1, 0.15) is 0 Å². The highest BCUT2D eigenvalue weighted by Gasteiger charge is 2.00. The lowest BCUT2D eigenvalue weighted by Gasteiger charge is -1.91. The van der Waals surface area contributed by atoms with E-state index in [2.05, 4.69) is 15.0 Å². The first-order chi connectivity index (χ1) is 5.86. The summed E-state index contributed by atoms with van der Waals surface area (Å²) in [5.74, 6) is 0. The van der Waals surface area contributed by atoms with Crippen LogP contribution in [0.4, 0.5) is 0 Å². The van der Waals surface area contributed by atoms with Gasteiger partial charge in [-0.25, -0.2) is 9.97 Å². The highest BCUT2D eigenvalue weighted by molar-refractivity contribution is 8.04. The molecule has 0 radical (unpaired) electrons. The maximum Gasteiger partial charge on any atom is 0.206 e. The third-order valence-electron chi connectivity index (χ3n) is 0.801. The zero-order valence-corrected chi connectivity index (χ0v) is 7.26. The second-order valence-corrected chi connectivity index (χ2v) is 2.94. The first-order valence-corrected chi connectivity index (χ1v) is 4.31. The number of thioether (sulfide) groups is 2. The van der Waals surface area contributed by atoms with Crippen molar-refractivity contribution >= 4 is 23.5 Å². The molecule has 0 fully saturated rings. The summed E-state index contributed by atoms with van der Waals surface area (Å²) in [5.41, 5.74) is 0. The molecule has 0 atom stereocenters. The van der Waals surface area contributed by atoms with Crippen LogP contribution in [0.3, 0.4) is 0 Å². The summed E-state index contributed by atoms with van der Waals surface area (Å²) in [5, 5.41) is 20.8. The van der Waals surface area contributed by atoms with Crippen molar-refractivity contribution < 1.29 is 0 Å². The molecule has 5 nitrogen and oxygen atoms in total. The zero-order valence-electron chi connectivity index (χ0n) is 5.63. The Balaban J connectivity index is 2.84. The van der Waals surface area contributed by atoms with Gasteiger partial charge < -0.3 is 0 Å². The Morgan fingerprint density at radius 2 is 1.58 bits per heavy atom. The summed E-state index contributed by atoms with van der Waals surface area (Å²) in [7, 11) is 0. The van der Waals surface area contributed by atoms with Gasteiger partial charge in [0.1, 0.15) is 17.1 Å². The molecule has 0 N–H and O–H groups in total. The Kier molecular flexibility index (Phi) is 3.33. The summed E-state index contributed by atoms with van der Waals surface area (Å²) < 4.78 is 0. The Morgan fingerprint density at radius 3 is 2.00 bits per heavy atom. The van der Waals surface area contributed by atoms with E-state index in [0.717, 1.165) is 23.5 Å². The van der Waals surface area contributed by atoms with Crippen LogP contribution in [0, 0.1) is 21.3 Å². The number of thiocyanates is 2. The standard InChI is InChI=1S/C5HN5S2/c6-1-11-4-8-3-9-5(10-4)12-2-7/h3H. The van der Waals surface area contributed by atoms with Gasteiger partial charge in [0.25, 0.3) is 0 Å². The van der Waals surface area contributed by atoms with Crippen molar-refractivity contribution in [1.82, 2.24) is 15.0 Å². The third-order valence-corrected chi connectivity index (χ3v) is 1.74. The van der Waals surface area contributed by atoms with E-state index < -0.39 is 0 Å². The van der Waals surface area contributed by atoms with E-state index in [-0.39, 0.29) is 0 Å². The average Bonchev–Trinajstić information content (AvgIpc) is 2.06. The molecular formula is C5HN5S2. The van der Waals surface area contributed by atoms with E-state index in [4.69, 9.17) is 10.5 Å². The molecule has 0 aliphatic carbocycles. The molecule has 0 saturated carbocycles. The first-order valence-electron chi connectivity index (χ1n) is 2.67. The maximum absolute atomic E-state index is 8.28. The average molecular weight is 195 g/mol. The minimum Gasteiger partial charge on any atom is -0.210 e. The SMILES string of the molecule is N#CSc1ncnc(SC#N)n1. The van der Waals surface area contributed by atoms with E-state index in [0.29, 0.717) is 10.3 Å². The molecule has 0 aliphatic rings. The van der Waals surface area contributed by atoms with Crippen molar-refractivity contribution in [1.29, 1.82) is 10.5 Å². The molecule has 1 heterocycles. The van der Waals surface area contributed by atoms with Gasteiger partial charge in [-0.1, -0.05) is 0 Å². The van der Waals surface area contributed by atoms with E-state index in [9.17, 15) is 0 Å². The fourth-order valence-corrected chi connectivity index (χ4v) is 1.13. The van der Waals surface area contributed by atoms with E-state index in [1.807, 2.05) is 10.8 Å². The van der Waals surface area contributed by atoms with Crippen LogP contribution < -0.4 is 0 Å². The van der Waals surface area contributed by atoms with E-state index in [1.165, 1.54) is 6.33 Å². The molecule has 0 aliphatic heterocycles. The van der Waals surface area contributed by atoms with Crippen molar-refractivity contribution in [3.8, 4) is 10.8 Å². The zero-order chi connectivity index (χ0) is 8.81. The Hall–Kier alpha value is -1.31. The maximum atomic E-state index is 8.28. The molecule has 0 saturated heterocycles. The summed E-state index contributed by atoms with van der Waals surface area (Å²) in [6.45, 7) is 0. The normalized spacial score (nSPS) is 8.50. The molecule has 1 aromatic heterocycles. The molecule has 1 rings (SSSR count). The molecule has 0 bridgehead atoms. The lowest BCUT2D eigenvalue weighted by molar-refractivity contribution is 0.804. The van der Waals surface area contributed by atoms with Crippen molar-refractivity contribution in [3.63, 3.8) is 0 Å². The van der Waals surface area contributed by atoms with Crippen molar-refractivity contribution in [2.24, 2.45) is 0 Å². The Bertz CT molecular complexity index is 320. The smallest absolute Gasteiger partial charge is 0.206 e. The fraction of sp³-hybridized carbons (Fsp3) is 0. The van der Waals surface area contributed by atoms with Gasteiger partial charge in [0, 0.05) is 23.5 Å². The predicted molar refractivity (Wildman–Crippen MR) is 42.8 cm³/mol. The monoisotopic (exact) mass is 195 g/mol. The molecule has 7 heteroatoms. The molecular weight excluding hydrogens is 194 g/mol. The highest BCUT2D eigenvalue weighted by atomic mass is 32.2. The van der Waals surface area contributed by atoms with Gasteiger partial charge >= 0.3 is 0 Å². The van der Waals surface area contributed by atoms with Crippen molar-refractivity contribution in [2.75, 3.05) is 0 Å². The van der Waals surface area contributed by atoms with Gasteiger partial charge in [0.2, 0.25) is 10.3 Å². The molecule has 1 aromatic rings. The Labute approximate surface area is 76.9 Å². The topological polar surface area (TPSA) is 86.2 Å². The number of rotatable bonds is 2. The predicted octanol–water partition coefficient (Wildman–Crippen LogP) is 1.02. The minimum atomic E-state index is 0.310. The highest BCUT2D eigenvalue weighted by Crippen LogP contribution is 2.14. The molecule has 12 heavy (non-hydrogen) atoms. The van der Waals surface area contributed by atoms with Gasteiger partial charge in [-0.15, -0.1) is 0 Å². The molecule has 0 aromatic carbocycles. The lowest BCUT2D eigenvalue weighted by atomic mass is 11.1. The van der Waals surface area contributed by atoms with E-state index >= 15 is 0 Å². The minimum absolute atomic E-state index is 0.310. The van der Waals surface area contributed by atoms with Crippen LogP contribution in [-0.2, 0) is 0 Å². The molecule has 58 valence electrons. The summed E-state index contributed by atoms with van der Waals surface area (Å²) in [6, 6.07) is 0. The van der Waals surface area contributed by atoms with Crippen LogP contribution in [-0.4, -0.2) is 15.0 Å². The molecule has 0 spiro atoms. The number of nitrogens with zero attached hydrogens (tertiary/aromatic N) is 5. The van der Waals surface area contributed by atoms with Crippen LogP contribution >= 0.6 is 23.5 Å². The summed E-state index contributed by atoms with van der Waals surface area (Å²) in [4.78, 5) is 11.2. The fourth-order valence-electron chi connectivity index (χ4n) is 0.447. The first kappa shape index (κ1) is 8.78. The van der Waals surface area contributed by atoms with Gasteiger partial charge in [-0.2, -0.15) is 15.5 Å². The second-order valence-electron chi connectivity index (χ2n) is 1.44. The molecule has 0 unspecified atom stereocenters. The van der Waals surface area contributed by atoms with Crippen LogP contribution in [0.2, 0.25) is 0 Å². The second kappa shape index (κ2) is 4.54. The van der Waals surface area contributed by atoms with Crippen molar-refractivity contribution in [3.05, 3.63) is 6.33 Å². The van der Waals surface area contributed by atoms with Crippen LogP contribution in [0.15, 0.2) is 16.6 Å². The molecule has 0 amide bonds. The number of hydrogen-bond donors (Lipinski definition) is 0. The number of nitriles is 2. The van der Waals surface area contributed by atoms with Gasteiger partial charge in [-0.3, -0.25) is 0 Å². The summed E-state index contributed by atoms with van der Waals surface area (Å²) >= 11 is 1.67. The van der Waals surface area contributed by atoms with Crippen LogP contribution in [0.5, 0.6) is 0 Å². The quantitative estimate of drug-likeness (QED) is 0.514. The van der Waals surface area contributed by atoms with Crippen LogP contribution in [0.25, 0.3) is 0 Å². The lowest BCUT2D eigenvalue weighted by Crippen LogP contribution is -1.89. The Morgan fingerprint density at radius 1 is 1.08 bits per heavy atom. The third kappa shape index (κ3) is 2.38. The van der Waals surface area contributed by atoms with Gasteiger partial charge in [0.05, 0.1) is 0 Å². The van der Waals surface area contributed by atoms with Gasteiger partial charge in [-0.05, 0) is 0 Å². The summed E-state index contributed by atoms with van der Waals surface area (Å²) in [6.07, 6.45) is 1.27. The number of aromatic nitrogens is 3.